The molecule has 2 aromatic rings. The summed E-state index contributed by atoms with van der Waals surface area (Å²) in [4.78, 5) is 15.5. The Hall–Kier alpha value is -2.20. The molecule has 0 aliphatic heterocycles. The summed E-state index contributed by atoms with van der Waals surface area (Å²) in [5, 5.41) is 9.57. The van der Waals surface area contributed by atoms with Crippen LogP contribution in [0.3, 0.4) is 0 Å². The summed E-state index contributed by atoms with van der Waals surface area (Å²) in [6, 6.07) is 11.6. The van der Waals surface area contributed by atoms with Gasteiger partial charge in [0.05, 0.1) is 6.61 Å². The van der Waals surface area contributed by atoms with Crippen molar-refractivity contribution in [1.29, 1.82) is 0 Å². The van der Waals surface area contributed by atoms with Gasteiger partial charge >= 0.3 is 0 Å². The zero-order valence-corrected chi connectivity index (χ0v) is 13.7. The Labute approximate surface area is 137 Å². The van der Waals surface area contributed by atoms with Crippen LogP contribution in [0.5, 0.6) is 5.75 Å². The second-order valence-electron chi connectivity index (χ2n) is 5.58. The molecule has 0 saturated heterocycles. The van der Waals surface area contributed by atoms with Gasteiger partial charge in [-0.1, -0.05) is 25.1 Å². The highest BCUT2D eigenvalue weighted by Gasteiger charge is 2.10. The van der Waals surface area contributed by atoms with Crippen LogP contribution in [0.4, 0.5) is 0 Å². The highest BCUT2D eigenvalue weighted by molar-refractivity contribution is 5.80. The second kappa shape index (κ2) is 8.44. The highest BCUT2D eigenvalue weighted by Crippen LogP contribution is 2.14. The molecule has 0 fully saturated rings. The second-order valence-corrected chi connectivity index (χ2v) is 5.58. The Morgan fingerprint density at radius 2 is 1.87 bits per heavy atom. The zero-order valence-electron chi connectivity index (χ0n) is 13.7. The van der Waals surface area contributed by atoms with Crippen molar-refractivity contribution in [3.8, 4) is 5.75 Å². The first-order chi connectivity index (χ1) is 11.1. The summed E-state index contributed by atoms with van der Waals surface area (Å²) in [5.74, 6) is 0.558. The summed E-state index contributed by atoms with van der Waals surface area (Å²) >= 11 is 0. The van der Waals surface area contributed by atoms with E-state index in [0.717, 1.165) is 29.8 Å². The van der Waals surface area contributed by atoms with Gasteiger partial charge in [-0.05, 0) is 42.7 Å². The molecular formula is C19H23NO3. The number of aromatic nitrogens is 1. The first-order valence-electron chi connectivity index (χ1n) is 7.92. The fraction of sp³-hybridized carbons (Fsp3) is 0.368. The lowest BCUT2D eigenvalue weighted by Gasteiger charge is -2.09. The molecule has 122 valence electrons. The number of ether oxygens (including phenoxy) is 1. The number of hydrogen-bond donors (Lipinski definition) is 1. The molecule has 0 radical (unpaired) electrons. The van der Waals surface area contributed by atoms with E-state index < -0.39 is 6.10 Å². The number of rotatable bonds is 8. The van der Waals surface area contributed by atoms with Crippen LogP contribution in [0.25, 0.3) is 0 Å². The summed E-state index contributed by atoms with van der Waals surface area (Å²) < 4.78 is 5.70. The third-order valence-electron chi connectivity index (χ3n) is 3.74. The van der Waals surface area contributed by atoms with Crippen molar-refractivity contribution < 1.29 is 14.6 Å². The number of aliphatic hydroxyl groups excluding tert-OH is 1. The van der Waals surface area contributed by atoms with Gasteiger partial charge in [0.2, 0.25) is 0 Å². The largest absolute Gasteiger partial charge is 0.493 e. The van der Waals surface area contributed by atoms with Crippen molar-refractivity contribution in [2.75, 3.05) is 6.61 Å². The summed E-state index contributed by atoms with van der Waals surface area (Å²) in [6.45, 7) is 4.07. The van der Waals surface area contributed by atoms with Crippen molar-refractivity contribution in [2.45, 2.75) is 39.2 Å². The molecule has 1 atom stereocenters. The van der Waals surface area contributed by atoms with Crippen molar-refractivity contribution in [3.05, 3.63) is 59.4 Å². The third kappa shape index (κ3) is 5.49. The van der Waals surface area contributed by atoms with Crippen LogP contribution in [0, 0.1) is 0 Å². The third-order valence-corrected chi connectivity index (χ3v) is 3.74. The Kier molecular flexibility index (Phi) is 6.29. The normalized spacial score (nSPS) is 12.0. The van der Waals surface area contributed by atoms with Gasteiger partial charge in [0, 0.05) is 24.7 Å². The van der Waals surface area contributed by atoms with E-state index >= 15 is 0 Å². The van der Waals surface area contributed by atoms with Crippen LogP contribution in [0.15, 0.2) is 42.6 Å². The van der Waals surface area contributed by atoms with E-state index in [-0.39, 0.29) is 5.78 Å². The monoisotopic (exact) mass is 313 g/mol. The minimum Gasteiger partial charge on any atom is -0.493 e. The SMILES string of the molecule is CCc1ccc(CCOc2ccc(CC(O)C(C)=O)cc2)nc1. The van der Waals surface area contributed by atoms with Gasteiger partial charge in [0.1, 0.15) is 11.9 Å². The van der Waals surface area contributed by atoms with Gasteiger partial charge in [-0.25, -0.2) is 0 Å². The maximum atomic E-state index is 11.1. The maximum absolute atomic E-state index is 11.1. The van der Waals surface area contributed by atoms with Gasteiger partial charge in [0.15, 0.2) is 5.78 Å². The lowest BCUT2D eigenvalue weighted by atomic mass is 10.1. The average Bonchev–Trinajstić information content (AvgIpc) is 2.57. The molecular weight excluding hydrogens is 290 g/mol. The Balaban J connectivity index is 1.80. The maximum Gasteiger partial charge on any atom is 0.158 e. The van der Waals surface area contributed by atoms with Crippen molar-refractivity contribution in [3.63, 3.8) is 0 Å². The van der Waals surface area contributed by atoms with E-state index in [1.807, 2.05) is 36.5 Å². The minimum absolute atomic E-state index is 0.216. The predicted octanol–water partition coefficient (Wildman–Crippen LogP) is 2.76. The summed E-state index contributed by atoms with van der Waals surface area (Å²) in [5.41, 5.74) is 3.17. The van der Waals surface area contributed by atoms with Crippen LogP contribution < -0.4 is 4.74 Å². The van der Waals surface area contributed by atoms with E-state index in [2.05, 4.69) is 18.0 Å². The smallest absolute Gasteiger partial charge is 0.158 e. The van der Waals surface area contributed by atoms with Gasteiger partial charge in [-0.3, -0.25) is 9.78 Å². The molecule has 23 heavy (non-hydrogen) atoms. The molecule has 0 aliphatic rings. The fourth-order valence-electron chi connectivity index (χ4n) is 2.17. The topological polar surface area (TPSA) is 59.4 Å². The molecule has 4 heteroatoms. The van der Waals surface area contributed by atoms with Crippen LogP contribution >= 0.6 is 0 Å². The molecule has 0 saturated carbocycles. The molecule has 1 unspecified atom stereocenters. The van der Waals surface area contributed by atoms with E-state index in [9.17, 15) is 9.90 Å². The van der Waals surface area contributed by atoms with Crippen molar-refractivity contribution in [1.82, 2.24) is 4.98 Å². The molecule has 0 aliphatic carbocycles. The fourth-order valence-corrected chi connectivity index (χ4v) is 2.17. The van der Waals surface area contributed by atoms with Crippen LogP contribution in [0.2, 0.25) is 0 Å². The van der Waals surface area contributed by atoms with E-state index in [4.69, 9.17) is 4.74 Å². The van der Waals surface area contributed by atoms with Gasteiger partial charge in [-0.2, -0.15) is 0 Å². The molecule has 1 aromatic heterocycles. The lowest BCUT2D eigenvalue weighted by Crippen LogP contribution is -2.19. The molecule has 0 amide bonds. The number of hydrogen-bond acceptors (Lipinski definition) is 4. The van der Waals surface area contributed by atoms with Crippen LogP contribution in [-0.2, 0) is 24.1 Å². The number of nitrogens with zero attached hydrogens (tertiary/aromatic N) is 1. The molecule has 2 rings (SSSR count). The van der Waals surface area contributed by atoms with E-state index in [0.29, 0.717) is 13.0 Å². The quantitative estimate of drug-likeness (QED) is 0.814. The molecule has 1 heterocycles. The highest BCUT2D eigenvalue weighted by atomic mass is 16.5. The first-order valence-corrected chi connectivity index (χ1v) is 7.92. The standard InChI is InChI=1S/C19H23NO3/c1-3-15-4-7-17(20-13-15)10-11-23-18-8-5-16(6-9-18)12-19(22)14(2)21/h4-9,13,19,22H,3,10-12H2,1-2H3. The number of Topliss-reactive ketones (excluding diaryl/α,β-unsaturated/α-hetero) is 1. The van der Waals surface area contributed by atoms with Crippen LogP contribution in [0.1, 0.15) is 30.7 Å². The minimum atomic E-state index is -0.932. The van der Waals surface area contributed by atoms with Gasteiger partial charge in [0.25, 0.3) is 0 Å². The molecule has 0 spiro atoms. The number of carbonyl (C=O) groups excluding carboxylic acids is 1. The number of aryl methyl sites for hydroxylation is 1. The Morgan fingerprint density at radius 1 is 1.17 bits per heavy atom. The van der Waals surface area contributed by atoms with E-state index in [1.54, 1.807) is 0 Å². The van der Waals surface area contributed by atoms with Gasteiger partial charge in [-0.15, -0.1) is 0 Å². The van der Waals surface area contributed by atoms with E-state index in [1.165, 1.54) is 12.5 Å². The first kappa shape index (κ1) is 17.2. The molecule has 0 bridgehead atoms. The molecule has 4 nitrogen and oxygen atoms in total. The number of pyridine rings is 1. The lowest BCUT2D eigenvalue weighted by molar-refractivity contribution is -0.124. The number of benzene rings is 1. The van der Waals surface area contributed by atoms with Crippen molar-refractivity contribution in [2.24, 2.45) is 0 Å². The van der Waals surface area contributed by atoms with Gasteiger partial charge < -0.3 is 9.84 Å². The number of ketones is 1. The molecule has 1 aromatic carbocycles. The molecule has 1 N–H and O–H groups in total. The van der Waals surface area contributed by atoms with Crippen molar-refractivity contribution >= 4 is 5.78 Å². The Bertz CT molecular complexity index is 620. The predicted molar refractivity (Wildman–Crippen MR) is 89.6 cm³/mol. The average molecular weight is 313 g/mol. The number of carbonyl (C=O) groups is 1. The Morgan fingerprint density at radius 3 is 2.43 bits per heavy atom. The zero-order chi connectivity index (χ0) is 16.7. The van der Waals surface area contributed by atoms with Crippen LogP contribution in [-0.4, -0.2) is 28.6 Å². The number of aliphatic hydroxyl groups is 1. The summed E-state index contributed by atoms with van der Waals surface area (Å²) in [6.07, 6.45) is 3.07. The summed E-state index contributed by atoms with van der Waals surface area (Å²) in [7, 11) is 0.